The molecule has 0 aliphatic heterocycles. The van der Waals surface area contributed by atoms with Crippen molar-refractivity contribution in [3.63, 3.8) is 0 Å². The minimum Gasteiger partial charge on any atom is -0.494 e. The lowest BCUT2D eigenvalue weighted by molar-refractivity contribution is -0.142. The zero-order valence-corrected chi connectivity index (χ0v) is 37.4. The fourth-order valence-electron chi connectivity index (χ4n) is 6.63. The summed E-state index contributed by atoms with van der Waals surface area (Å²) in [6, 6.07) is 5.26. The molecule has 2 aromatic heterocycles. The number of aromatic nitrogens is 3. The van der Waals surface area contributed by atoms with Crippen LogP contribution in [0.15, 0.2) is 58.6 Å². The van der Waals surface area contributed by atoms with Crippen molar-refractivity contribution in [3.05, 3.63) is 81.4 Å². The first-order valence-corrected chi connectivity index (χ1v) is 21.9. The van der Waals surface area contributed by atoms with Gasteiger partial charge in [-0.1, -0.05) is 19.9 Å². The second-order valence-corrected chi connectivity index (χ2v) is 16.6. The van der Waals surface area contributed by atoms with E-state index < -0.39 is 57.9 Å². The molecule has 4 rings (SSSR count). The maximum absolute atomic E-state index is 13.7. The van der Waals surface area contributed by atoms with Gasteiger partial charge >= 0.3 is 5.97 Å². The first-order chi connectivity index (χ1) is 29.9. The fourth-order valence-corrected chi connectivity index (χ4v) is 8.26. The molecule has 0 fully saturated rings. The molecule has 0 bridgehead atoms. The van der Waals surface area contributed by atoms with Crippen LogP contribution in [0, 0.1) is 13.8 Å². The van der Waals surface area contributed by atoms with Crippen molar-refractivity contribution in [1.82, 2.24) is 40.1 Å². The smallest absolute Gasteiger partial charge is 0.325 e. The van der Waals surface area contributed by atoms with Gasteiger partial charge in [0.1, 0.15) is 23.4 Å². The Kier molecular flexibility index (Phi) is 17.8. The molecular formula is C42H58N10O10S. The quantitative estimate of drug-likeness (QED) is 0.0401. The van der Waals surface area contributed by atoms with E-state index >= 15 is 0 Å². The van der Waals surface area contributed by atoms with Gasteiger partial charge < -0.3 is 50.9 Å². The number of hydrogen-bond acceptors (Lipinski definition) is 13. The Morgan fingerprint density at radius 1 is 0.905 bits per heavy atom. The standard InChI is InChI=1S/C42H58N10O10S/c1-8-31(43)39(56)49-32(9-2)40(57)45-15-14-44-35(53)11-10-18-62-28-19-25(3)37(26(4)20-28)63(59,60)50-33(41(58)61-7)23-47-38(55)30-24-52(6)34-21-27(12-13-29(34)36(30)54)22-48-42-46-16-17-51(42)5/h12-13,16-17,19-21,24,31-33,50H,8-11,14-15,18,22-23,43H2,1-7H3,(H,44,53)(H,45,57)(H,46,48)(H,47,55)(H,49,56)/t31-,32-,33-/m0/s1. The van der Waals surface area contributed by atoms with E-state index in [2.05, 4.69) is 36.3 Å². The number of ether oxygens (including phenoxy) is 2. The van der Waals surface area contributed by atoms with Gasteiger partial charge in [0, 0.05) is 70.7 Å². The predicted molar refractivity (Wildman–Crippen MR) is 235 cm³/mol. The highest BCUT2D eigenvalue weighted by molar-refractivity contribution is 7.89. The Labute approximate surface area is 366 Å². The largest absolute Gasteiger partial charge is 0.494 e. The van der Waals surface area contributed by atoms with E-state index in [9.17, 15) is 37.2 Å². The van der Waals surface area contributed by atoms with E-state index in [1.807, 2.05) is 23.9 Å². The predicted octanol–water partition coefficient (Wildman–Crippen LogP) is 0.774. The number of fused-ring (bicyclic) bond motifs is 1. The molecule has 2 aromatic carbocycles. The number of benzene rings is 2. The third-order valence-electron chi connectivity index (χ3n) is 10.1. The minimum atomic E-state index is -4.38. The second kappa shape index (κ2) is 22.7. The summed E-state index contributed by atoms with van der Waals surface area (Å²) in [5.41, 5.74) is 7.04. The number of nitrogens with two attached hydrogens (primary N) is 1. The third-order valence-corrected chi connectivity index (χ3v) is 11.9. The molecule has 3 atom stereocenters. The van der Waals surface area contributed by atoms with Crippen LogP contribution in [0.25, 0.3) is 10.9 Å². The minimum absolute atomic E-state index is 0.114. The average molecular weight is 895 g/mol. The van der Waals surface area contributed by atoms with Crippen LogP contribution in [0.3, 0.4) is 0 Å². The van der Waals surface area contributed by atoms with Crippen LogP contribution in [0.5, 0.6) is 5.75 Å². The van der Waals surface area contributed by atoms with Crippen molar-refractivity contribution in [2.45, 2.75) is 82.9 Å². The summed E-state index contributed by atoms with van der Waals surface area (Å²) in [6.07, 6.45) is 6.14. The number of methoxy groups -OCH3 is 1. The highest BCUT2D eigenvalue weighted by atomic mass is 32.2. The van der Waals surface area contributed by atoms with Crippen LogP contribution in [0.2, 0.25) is 0 Å². The molecule has 0 saturated heterocycles. The summed E-state index contributed by atoms with van der Waals surface area (Å²) in [5.74, 6) is -1.80. The van der Waals surface area contributed by atoms with Gasteiger partial charge in [0.25, 0.3) is 5.91 Å². The zero-order chi connectivity index (χ0) is 46.4. The third kappa shape index (κ3) is 13.3. The number of pyridine rings is 1. The first-order valence-electron chi connectivity index (χ1n) is 20.5. The lowest BCUT2D eigenvalue weighted by Gasteiger charge is -2.20. The monoisotopic (exact) mass is 894 g/mol. The molecular weight excluding hydrogens is 837 g/mol. The van der Waals surface area contributed by atoms with Gasteiger partial charge in [-0.15, -0.1) is 0 Å². The molecule has 0 saturated carbocycles. The van der Waals surface area contributed by atoms with Crippen LogP contribution in [-0.2, 0) is 54.6 Å². The Hall–Kier alpha value is -6.32. The van der Waals surface area contributed by atoms with Gasteiger partial charge in [0.2, 0.25) is 39.1 Å². The lowest BCUT2D eigenvalue weighted by atomic mass is 10.1. The van der Waals surface area contributed by atoms with Crippen LogP contribution >= 0.6 is 0 Å². The van der Waals surface area contributed by atoms with Gasteiger partial charge in [-0.3, -0.25) is 28.8 Å². The number of anilines is 1. The molecule has 342 valence electrons. The Balaban J connectivity index is 1.29. The SMILES string of the molecule is CC[C@H](NC(=O)[C@@H](N)CC)C(=O)NCCNC(=O)CCCOc1cc(C)c(S(=O)(=O)N[C@@H](CNC(=O)c2cn(C)c3cc(CNc4nccn4C)ccc3c2=O)C(=O)OC)c(C)c1. The molecule has 0 spiro atoms. The van der Waals surface area contributed by atoms with E-state index in [0.29, 0.717) is 59.5 Å². The number of carbonyl (C=O) groups is 5. The summed E-state index contributed by atoms with van der Waals surface area (Å²) in [5, 5.41) is 14.0. The van der Waals surface area contributed by atoms with E-state index in [1.165, 1.54) is 18.3 Å². The van der Waals surface area contributed by atoms with Gasteiger partial charge in [-0.05, 0) is 74.1 Å². The Morgan fingerprint density at radius 3 is 2.24 bits per heavy atom. The second-order valence-electron chi connectivity index (χ2n) is 14.9. The van der Waals surface area contributed by atoms with Crippen molar-refractivity contribution < 1.29 is 41.9 Å². The summed E-state index contributed by atoms with van der Waals surface area (Å²) in [4.78, 5) is 80.6. The number of aryl methyl sites for hydroxylation is 4. The number of sulfonamides is 1. The molecule has 4 amide bonds. The van der Waals surface area contributed by atoms with Crippen LogP contribution < -0.4 is 47.2 Å². The fraction of sp³-hybridized carbons (Fsp3) is 0.452. The average Bonchev–Trinajstić information content (AvgIpc) is 3.67. The number of hydrogen-bond donors (Lipinski definition) is 7. The van der Waals surface area contributed by atoms with E-state index in [1.54, 1.807) is 57.6 Å². The first kappa shape index (κ1) is 49.3. The maximum atomic E-state index is 13.7. The van der Waals surface area contributed by atoms with Gasteiger partial charge in [0.15, 0.2) is 0 Å². The molecule has 21 heteroatoms. The Morgan fingerprint density at radius 2 is 1.60 bits per heavy atom. The molecule has 0 unspecified atom stereocenters. The molecule has 20 nitrogen and oxygen atoms in total. The zero-order valence-electron chi connectivity index (χ0n) is 36.6. The van der Waals surface area contributed by atoms with Crippen molar-refractivity contribution in [2.75, 3.05) is 38.7 Å². The number of imidazole rings is 1. The number of esters is 1. The van der Waals surface area contributed by atoms with E-state index in [0.717, 1.165) is 12.7 Å². The number of amides is 4. The van der Waals surface area contributed by atoms with E-state index in [-0.39, 0.29) is 48.4 Å². The van der Waals surface area contributed by atoms with Gasteiger partial charge in [0.05, 0.1) is 30.2 Å². The topological polar surface area (TPSA) is 276 Å². The Bertz CT molecular complexity index is 2450. The van der Waals surface area contributed by atoms with Crippen LogP contribution in [-0.4, -0.2) is 104 Å². The molecule has 0 radical (unpaired) electrons. The van der Waals surface area contributed by atoms with Crippen molar-refractivity contribution in [2.24, 2.45) is 19.8 Å². The highest BCUT2D eigenvalue weighted by Crippen LogP contribution is 2.26. The van der Waals surface area contributed by atoms with Gasteiger partial charge in [-0.25, -0.2) is 13.4 Å². The molecule has 4 aromatic rings. The summed E-state index contributed by atoms with van der Waals surface area (Å²) >= 11 is 0. The molecule has 0 aliphatic rings. The molecule has 63 heavy (non-hydrogen) atoms. The summed E-state index contributed by atoms with van der Waals surface area (Å²) in [6.45, 7) is 7.03. The normalized spacial score (nSPS) is 12.8. The molecule has 0 aliphatic carbocycles. The summed E-state index contributed by atoms with van der Waals surface area (Å²) < 4.78 is 43.9. The molecule has 8 N–H and O–H groups in total. The van der Waals surface area contributed by atoms with Crippen molar-refractivity contribution in [1.29, 1.82) is 0 Å². The summed E-state index contributed by atoms with van der Waals surface area (Å²) in [7, 11) is 0.246. The lowest BCUT2D eigenvalue weighted by Crippen LogP contribution is -2.51. The number of nitrogens with one attached hydrogen (secondary N) is 6. The van der Waals surface area contributed by atoms with Crippen molar-refractivity contribution >= 4 is 56.5 Å². The highest BCUT2D eigenvalue weighted by Gasteiger charge is 2.30. The van der Waals surface area contributed by atoms with Crippen molar-refractivity contribution in [3.8, 4) is 5.75 Å². The van der Waals surface area contributed by atoms with Crippen LogP contribution in [0.4, 0.5) is 5.95 Å². The van der Waals surface area contributed by atoms with Crippen LogP contribution in [0.1, 0.15) is 66.6 Å². The molecule has 2 heterocycles. The number of rotatable bonds is 23. The number of nitrogens with zero attached hydrogens (tertiary/aromatic N) is 3. The maximum Gasteiger partial charge on any atom is 0.325 e. The van der Waals surface area contributed by atoms with Gasteiger partial charge in [-0.2, -0.15) is 4.72 Å². The van der Waals surface area contributed by atoms with E-state index in [4.69, 9.17) is 15.2 Å². The number of carbonyl (C=O) groups excluding carboxylic acids is 5.